The number of carbonyl (C=O) groups excluding carboxylic acids is 1. The second-order valence-electron chi connectivity index (χ2n) is 5.97. The van der Waals surface area contributed by atoms with Gasteiger partial charge in [0.15, 0.2) is 0 Å². The lowest BCUT2D eigenvalue weighted by Gasteiger charge is -2.10. The lowest BCUT2D eigenvalue weighted by Crippen LogP contribution is -2.17. The van der Waals surface area contributed by atoms with Gasteiger partial charge >= 0.3 is 0 Å². The van der Waals surface area contributed by atoms with Gasteiger partial charge in [0.2, 0.25) is 11.8 Å². The molecule has 0 bridgehead atoms. The molecule has 1 heterocycles. The maximum Gasteiger partial charge on any atom is 0.230 e. The average Bonchev–Trinajstić information content (AvgIpc) is 2.57. The molecule has 3 aromatic rings. The van der Waals surface area contributed by atoms with Crippen molar-refractivity contribution in [2.24, 2.45) is 5.92 Å². The number of nitrogens with zero attached hydrogens (tertiary/aromatic N) is 2. The highest BCUT2D eigenvalue weighted by atomic mass is 16.5. The number of aryl methyl sites for hydroxylation is 1. The molecule has 0 aliphatic carbocycles. The van der Waals surface area contributed by atoms with Crippen LogP contribution in [-0.2, 0) is 4.79 Å². The zero-order valence-electron chi connectivity index (χ0n) is 13.9. The first-order valence-electron chi connectivity index (χ1n) is 7.83. The number of carbonyl (C=O) groups is 1. The van der Waals surface area contributed by atoms with E-state index in [1.54, 1.807) is 12.1 Å². The van der Waals surface area contributed by atoms with E-state index in [-0.39, 0.29) is 11.8 Å². The van der Waals surface area contributed by atoms with Gasteiger partial charge in [0.25, 0.3) is 0 Å². The molecule has 1 aromatic heterocycles. The van der Waals surface area contributed by atoms with Crippen LogP contribution in [0.3, 0.4) is 0 Å². The van der Waals surface area contributed by atoms with Crippen molar-refractivity contribution < 1.29 is 9.53 Å². The standard InChI is InChI=1S/C19H19N3O2/c1-12(2)18(23)22-14-5-7-15(8-6-14)24-19-16-10-13(3)4-9-17(16)20-11-21-19/h4-12H,1-3H3,(H,22,23). The first kappa shape index (κ1) is 15.9. The smallest absolute Gasteiger partial charge is 0.230 e. The van der Waals surface area contributed by atoms with Gasteiger partial charge in [0.05, 0.1) is 10.9 Å². The van der Waals surface area contributed by atoms with Crippen molar-refractivity contribution in [2.75, 3.05) is 5.32 Å². The normalized spacial score (nSPS) is 10.8. The van der Waals surface area contributed by atoms with Crippen LogP contribution in [0.1, 0.15) is 19.4 Å². The fraction of sp³-hybridized carbons (Fsp3) is 0.211. The Balaban J connectivity index is 1.82. The minimum Gasteiger partial charge on any atom is -0.438 e. The summed E-state index contributed by atoms with van der Waals surface area (Å²) in [6.07, 6.45) is 1.49. The molecule has 122 valence electrons. The molecular formula is C19H19N3O2. The van der Waals surface area contributed by atoms with Crippen molar-refractivity contribution in [3.05, 3.63) is 54.4 Å². The molecule has 24 heavy (non-hydrogen) atoms. The van der Waals surface area contributed by atoms with Crippen LogP contribution in [0.25, 0.3) is 10.9 Å². The third kappa shape index (κ3) is 3.51. The Hall–Kier alpha value is -2.95. The van der Waals surface area contributed by atoms with Gasteiger partial charge in [-0.25, -0.2) is 9.97 Å². The van der Waals surface area contributed by atoms with Crippen molar-refractivity contribution in [2.45, 2.75) is 20.8 Å². The summed E-state index contributed by atoms with van der Waals surface area (Å²) in [5, 5.41) is 3.72. The fourth-order valence-electron chi connectivity index (χ4n) is 2.23. The molecule has 0 atom stereocenters. The Morgan fingerprint density at radius 3 is 2.54 bits per heavy atom. The number of benzene rings is 2. The molecule has 0 saturated heterocycles. The van der Waals surface area contributed by atoms with Crippen LogP contribution < -0.4 is 10.1 Å². The minimum atomic E-state index is -0.0588. The van der Waals surface area contributed by atoms with E-state index in [4.69, 9.17) is 4.74 Å². The number of ether oxygens (including phenoxy) is 1. The third-order valence-corrected chi connectivity index (χ3v) is 3.62. The van der Waals surface area contributed by atoms with Gasteiger partial charge in [0, 0.05) is 11.6 Å². The highest BCUT2D eigenvalue weighted by molar-refractivity contribution is 5.92. The largest absolute Gasteiger partial charge is 0.438 e. The van der Waals surface area contributed by atoms with Crippen LogP contribution in [0.4, 0.5) is 5.69 Å². The van der Waals surface area contributed by atoms with E-state index in [1.165, 1.54) is 6.33 Å². The number of amides is 1. The summed E-state index contributed by atoms with van der Waals surface area (Å²) >= 11 is 0. The lowest BCUT2D eigenvalue weighted by atomic mass is 10.1. The van der Waals surface area contributed by atoms with E-state index in [1.807, 2.05) is 51.1 Å². The van der Waals surface area contributed by atoms with E-state index in [9.17, 15) is 4.79 Å². The molecule has 5 nitrogen and oxygen atoms in total. The molecule has 1 N–H and O–H groups in total. The van der Waals surface area contributed by atoms with E-state index < -0.39 is 0 Å². The highest BCUT2D eigenvalue weighted by Crippen LogP contribution is 2.28. The molecule has 0 aliphatic rings. The average molecular weight is 321 g/mol. The predicted molar refractivity (Wildman–Crippen MR) is 94.3 cm³/mol. The molecular weight excluding hydrogens is 302 g/mol. The molecule has 0 saturated carbocycles. The van der Waals surface area contributed by atoms with Crippen molar-refractivity contribution in [3.63, 3.8) is 0 Å². The van der Waals surface area contributed by atoms with E-state index in [2.05, 4.69) is 15.3 Å². The summed E-state index contributed by atoms with van der Waals surface area (Å²) in [4.78, 5) is 20.2. The first-order chi connectivity index (χ1) is 11.5. The lowest BCUT2D eigenvalue weighted by molar-refractivity contribution is -0.118. The molecule has 2 aromatic carbocycles. The van der Waals surface area contributed by atoms with Crippen LogP contribution in [0.15, 0.2) is 48.8 Å². The second kappa shape index (κ2) is 6.66. The minimum absolute atomic E-state index is 0.0130. The number of hydrogen-bond donors (Lipinski definition) is 1. The van der Waals surface area contributed by atoms with Crippen LogP contribution in [0, 0.1) is 12.8 Å². The van der Waals surface area contributed by atoms with Crippen LogP contribution in [0.2, 0.25) is 0 Å². The molecule has 0 unspecified atom stereocenters. The zero-order chi connectivity index (χ0) is 17.1. The van der Waals surface area contributed by atoms with Crippen molar-refractivity contribution >= 4 is 22.5 Å². The van der Waals surface area contributed by atoms with Gasteiger partial charge < -0.3 is 10.1 Å². The van der Waals surface area contributed by atoms with Crippen LogP contribution in [0.5, 0.6) is 11.6 Å². The van der Waals surface area contributed by atoms with Crippen molar-refractivity contribution in [3.8, 4) is 11.6 Å². The summed E-state index contributed by atoms with van der Waals surface area (Å²) in [6.45, 7) is 5.73. The maximum absolute atomic E-state index is 11.7. The van der Waals surface area contributed by atoms with Gasteiger partial charge in [-0.1, -0.05) is 25.5 Å². The molecule has 0 aliphatic heterocycles. The first-order valence-corrected chi connectivity index (χ1v) is 7.83. The SMILES string of the molecule is Cc1ccc2ncnc(Oc3ccc(NC(=O)C(C)C)cc3)c2c1. The summed E-state index contributed by atoms with van der Waals surface area (Å²) in [5.41, 5.74) is 2.70. The summed E-state index contributed by atoms with van der Waals surface area (Å²) in [6, 6.07) is 13.2. The Bertz CT molecular complexity index is 873. The van der Waals surface area contributed by atoms with Gasteiger partial charge in [-0.05, 0) is 43.3 Å². The van der Waals surface area contributed by atoms with Gasteiger partial charge in [-0.3, -0.25) is 4.79 Å². The predicted octanol–water partition coefficient (Wildman–Crippen LogP) is 4.33. The second-order valence-corrected chi connectivity index (χ2v) is 5.97. The highest BCUT2D eigenvalue weighted by Gasteiger charge is 2.09. The van der Waals surface area contributed by atoms with Gasteiger partial charge in [0.1, 0.15) is 12.1 Å². The molecule has 0 spiro atoms. The maximum atomic E-state index is 11.7. The molecule has 3 rings (SSSR count). The Labute approximate surface area is 140 Å². The van der Waals surface area contributed by atoms with Gasteiger partial charge in [-0.2, -0.15) is 0 Å². The molecule has 5 heteroatoms. The van der Waals surface area contributed by atoms with E-state index >= 15 is 0 Å². The number of nitrogens with one attached hydrogen (secondary N) is 1. The van der Waals surface area contributed by atoms with E-state index in [0.29, 0.717) is 11.6 Å². The molecule has 1 amide bonds. The van der Waals surface area contributed by atoms with Crippen molar-refractivity contribution in [1.29, 1.82) is 0 Å². The third-order valence-electron chi connectivity index (χ3n) is 3.62. The molecule has 0 radical (unpaired) electrons. The van der Waals surface area contributed by atoms with Crippen molar-refractivity contribution in [1.82, 2.24) is 9.97 Å². The fourth-order valence-corrected chi connectivity index (χ4v) is 2.23. The quantitative estimate of drug-likeness (QED) is 0.777. The number of fused-ring (bicyclic) bond motifs is 1. The number of aromatic nitrogens is 2. The summed E-state index contributed by atoms with van der Waals surface area (Å²) in [5.74, 6) is 1.10. The monoisotopic (exact) mass is 321 g/mol. The number of rotatable bonds is 4. The van der Waals surface area contributed by atoms with Crippen LogP contribution in [-0.4, -0.2) is 15.9 Å². The Kier molecular flexibility index (Phi) is 4.42. The topological polar surface area (TPSA) is 64.1 Å². The summed E-state index contributed by atoms with van der Waals surface area (Å²) in [7, 11) is 0. The van der Waals surface area contributed by atoms with Gasteiger partial charge in [-0.15, -0.1) is 0 Å². The Morgan fingerprint density at radius 2 is 1.83 bits per heavy atom. The zero-order valence-corrected chi connectivity index (χ0v) is 13.9. The molecule has 0 fully saturated rings. The van der Waals surface area contributed by atoms with Crippen LogP contribution >= 0.6 is 0 Å². The number of anilines is 1. The summed E-state index contributed by atoms with van der Waals surface area (Å²) < 4.78 is 5.89. The Morgan fingerprint density at radius 1 is 1.08 bits per heavy atom. The van der Waals surface area contributed by atoms with E-state index in [0.717, 1.165) is 22.2 Å². The number of hydrogen-bond acceptors (Lipinski definition) is 4.